The standard InChI is InChI=1S/C13H21N5O/c1-2-18-9-11(14)12(15-18)13(19)17-7-5-16(6-8-17)10-3-4-10/h9-10H,2-8,14H2,1H3. The molecule has 6 heteroatoms. The molecule has 2 N–H and O–H groups in total. The molecule has 1 aromatic heterocycles. The largest absolute Gasteiger partial charge is 0.396 e. The van der Waals surface area contributed by atoms with E-state index in [0.717, 1.165) is 38.8 Å². The molecular formula is C13H21N5O. The molecule has 1 saturated carbocycles. The zero-order valence-corrected chi connectivity index (χ0v) is 11.4. The molecule has 1 aliphatic heterocycles. The minimum atomic E-state index is -0.0276. The first kappa shape index (κ1) is 12.5. The molecule has 19 heavy (non-hydrogen) atoms. The van der Waals surface area contributed by atoms with Gasteiger partial charge in [-0.15, -0.1) is 0 Å². The van der Waals surface area contributed by atoms with Crippen LogP contribution < -0.4 is 5.73 Å². The van der Waals surface area contributed by atoms with Crippen LogP contribution in [-0.2, 0) is 6.54 Å². The minimum Gasteiger partial charge on any atom is -0.396 e. The lowest BCUT2D eigenvalue weighted by Gasteiger charge is -2.34. The van der Waals surface area contributed by atoms with Gasteiger partial charge in [-0.3, -0.25) is 14.4 Å². The third-order valence-corrected chi connectivity index (χ3v) is 3.98. The van der Waals surface area contributed by atoms with Gasteiger partial charge in [-0.2, -0.15) is 5.10 Å². The number of hydrogen-bond donors (Lipinski definition) is 1. The second kappa shape index (κ2) is 4.85. The van der Waals surface area contributed by atoms with E-state index in [0.29, 0.717) is 11.4 Å². The van der Waals surface area contributed by atoms with Crippen molar-refractivity contribution in [2.75, 3.05) is 31.9 Å². The van der Waals surface area contributed by atoms with Gasteiger partial charge in [0.2, 0.25) is 0 Å². The first-order valence-electron chi connectivity index (χ1n) is 7.05. The monoisotopic (exact) mass is 263 g/mol. The first-order valence-corrected chi connectivity index (χ1v) is 7.05. The molecule has 0 bridgehead atoms. The molecule has 2 heterocycles. The number of hydrogen-bond acceptors (Lipinski definition) is 4. The van der Waals surface area contributed by atoms with Crippen molar-refractivity contribution in [3.8, 4) is 0 Å². The lowest BCUT2D eigenvalue weighted by atomic mass is 10.2. The molecule has 0 unspecified atom stereocenters. The van der Waals surface area contributed by atoms with Crippen molar-refractivity contribution in [1.29, 1.82) is 0 Å². The van der Waals surface area contributed by atoms with Crippen LogP contribution in [0.5, 0.6) is 0 Å². The van der Waals surface area contributed by atoms with E-state index in [9.17, 15) is 4.79 Å². The molecule has 0 atom stereocenters. The van der Waals surface area contributed by atoms with Crippen molar-refractivity contribution in [1.82, 2.24) is 19.6 Å². The molecule has 3 rings (SSSR count). The fraction of sp³-hybridized carbons (Fsp3) is 0.692. The SMILES string of the molecule is CCn1cc(N)c(C(=O)N2CCN(C3CC3)CC2)n1. The van der Waals surface area contributed by atoms with E-state index in [1.54, 1.807) is 10.9 Å². The number of aryl methyl sites for hydroxylation is 1. The predicted molar refractivity (Wildman–Crippen MR) is 72.8 cm³/mol. The molecule has 2 aliphatic rings. The highest BCUT2D eigenvalue weighted by molar-refractivity contribution is 5.97. The number of carbonyl (C=O) groups is 1. The number of rotatable bonds is 3. The van der Waals surface area contributed by atoms with Crippen molar-refractivity contribution >= 4 is 11.6 Å². The molecule has 2 fully saturated rings. The van der Waals surface area contributed by atoms with Gasteiger partial charge in [0.1, 0.15) is 0 Å². The van der Waals surface area contributed by atoms with Gasteiger partial charge in [0.15, 0.2) is 5.69 Å². The highest BCUT2D eigenvalue weighted by Gasteiger charge is 2.33. The van der Waals surface area contributed by atoms with Crippen LogP contribution in [0, 0.1) is 0 Å². The van der Waals surface area contributed by atoms with Crippen molar-refractivity contribution in [2.45, 2.75) is 32.4 Å². The molecule has 104 valence electrons. The summed E-state index contributed by atoms with van der Waals surface area (Å²) in [6, 6.07) is 0.779. The van der Waals surface area contributed by atoms with E-state index >= 15 is 0 Å². The fourth-order valence-electron chi connectivity index (χ4n) is 2.64. The minimum absolute atomic E-state index is 0.0276. The van der Waals surface area contributed by atoms with E-state index in [1.807, 2.05) is 11.8 Å². The number of nitrogens with zero attached hydrogens (tertiary/aromatic N) is 4. The lowest BCUT2D eigenvalue weighted by molar-refractivity contribution is 0.0621. The van der Waals surface area contributed by atoms with Crippen LogP contribution in [0.3, 0.4) is 0 Å². The summed E-state index contributed by atoms with van der Waals surface area (Å²) >= 11 is 0. The normalized spacial score (nSPS) is 20.8. The van der Waals surface area contributed by atoms with Gasteiger partial charge in [0.25, 0.3) is 5.91 Å². The van der Waals surface area contributed by atoms with E-state index in [2.05, 4.69) is 10.00 Å². The number of amides is 1. The third kappa shape index (κ3) is 2.45. The Morgan fingerprint density at radius 2 is 2.05 bits per heavy atom. The summed E-state index contributed by atoms with van der Waals surface area (Å²) in [5, 5.41) is 4.26. The van der Waals surface area contributed by atoms with Crippen molar-refractivity contribution < 1.29 is 4.79 Å². The Labute approximate surface area is 113 Å². The quantitative estimate of drug-likeness (QED) is 0.857. The highest BCUT2D eigenvalue weighted by Crippen LogP contribution is 2.27. The Bertz CT molecular complexity index is 471. The number of nitrogens with two attached hydrogens (primary N) is 1. The molecular weight excluding hydrogens is 242 g/mol. The number of anilines is 1. The topological polar surface area (TPSA) is 67.4 Å². The molecule has 0 aromatic carbocycles. The van der Waals surface area contributed by atoms with Gasteiger partial charge in [0.05, 0.1) is 5.69 Å². The fourth-order valence-corrected chi connectivity index (χ4v) is 2.64. The summed E-state index contributed by atoms with van der Waals surface area (Å²) in [5.74, 6) is -0.0276. The third-order valence-electron chi connectivity index (χ3n) is 3.98. The van der Waals surface area contributed by atoms with Crippen molar-refractivity contribution in [3.05, 3.63) is 11.9 Å². The Morgan fingerprint density at radius 3 is 2.58 bits per heavy atom. The van der Waals surface area contributed by atoms with Crippen LogP contribution in [0.15, 0.2) is 6.20 Å². The Kier molecular flexibility index (Phi) is 3.18. The summed E-state index contributed by atoms with van der Waals surface area (Å²) in [7, 11) is 0. The number of piperazine rings is 1. The first-order chi connectivity index (χ1) is 9.19. The van der Waals surface area contributed by atoms with Crippen LogP contribution in [0.25, 0.3) is 0 Å². The average Bonchev–Trinajstić information content (AvgIpc) is 3.21. The van der Waals surface area contributed by atoms with E-state index in [1.165, 1.54) is 12.8 Å². The molecule has 1 aliphatic carbocycles. The summed E-state index contributed by atoms with van der Waals surface area (Å²) in [6.07, 6.45) is 4.37. The molecule has 0 radical (unpaired) electrons. The number of aromatic nitrogens is 2. The van der Waals surface area contributed by atoms with Gasteiger partial charge >= 0.3 is 0 Å². The van der Waals surface area contributed by atoms with Crippen LogP contribution in [-0.4, -0.2) is 57.7 Å². The van der Waals surface area contributed by atoms with Crippen LogP contribution in [0.2, 0.25) is 0 Å². The summed E-state index contributed by atoms with van der Waals surface area (Å²) < 4.78 is 1.71. The molecule has 1 aromatic rings. The summed E-state index contributed by atoms with van der Waals surface area (Å²) in [5.41, 5.74) is 6.76. The summed E-state index contributed by atoms with van der Waals surface area (Å²) in [6.45, 7) is 6.24. The van der Waals surface area contributed by atoms with Gasteiger partial charge in [-0.1, -0.05) is 0 Å². The van der Waals surface area contributed by atoms with E-state index in [-0.39, 0.29) is 5.91 Å². The molecule has 1 saturated heterocycles. The maximum absolute atomic E-state index is 12.4. The van der Waals surface area contributed by atoms with Gasteiger partial charge < -0.3 is 10.6 Å². The van der Waals surface area contributed by atoms with Crippen molar-refractivity contribution in [2.24, 2.45) is 0 Å². The molecule has 1 amide bonds. The summed E-state index contributed by atoms with van der Waals surface area (Å²) in [4.78, 5) is 16.8. The number of nitrogen functional groups attached to an aromatic ring is 1. The maximum atomic E-state index is 12.4. The second-order valence-electron chi connectivity index (χ2n) is 5.35. The maximum Gasteiger partial charge on any atom is 0.276 e. The molecule has 6 nitrogen and oxygen atoms in total. The van der Waals surface area contributed by atoms with E-state index in [4.69, 9.17) is 5.73 Å². The van der Waals surface area contributed by atoms with Gasteiger partial charge in [-0.05, 0) is 19.8 Å². The van der Waals surface area contributed by atoms with E-state index < -0.39 is 0 Å². The lowest BCUT2D eigenvalue weighted by Crippen LogP contribution is -2.49. The van der Waals surface area contributed by atoms with Gasteiger partial charge in [0, 0.05) is 45.0 Å². The zero-order valence-electron chi connectivity index (χ0n) is 11.4. The Balaban J connectivity index is 1.65. The van der Waals surface area contributed by atoms with Crippen LogP contribution in [0.1, 0.15) is 30.3 Å². The number of carbonyl (C=O) groups excluding carboxylic acids is 1. The average molecular weight is 263 g/mol. The molecule has 0 spiro atoms. The Morgan fingerprint density at radius 1 is 1.37 bits per heavy atom. The predicted octanol–water partition coefficient (Wildman–Crippen LogP) is 0.405. The van der Waals surface area contributed by atoms with Crippen molar-refractivity contribution in [3.63, 3.8) is 0 Å². The Hall–Kier alpha value is -1.56. The zero-order chi connectivity index (χ0) is 13.4. The van der Waals surface area contributed by atoms with Crippen LogP contribution >= 0.6 is 0 Å². The highest BCUT2D eigenvalue weighted by atomic mass is 16.2. The van der Waals surface area contributed by atoms with Gasteiger partial charge in [-0.25, -0.2) is 0 Å². The smallest absolute Gasteiger partial charge is 0.276 e. The second-order valence-corrected chi connectivity index (χ2v) is 5.35. The van der Waals surface area contributed by atoms with Crippen LogP contribution in [0.4, 0.5) is 5.69 Å².